The van der Waals surface area contributed by atoms with Gasteiger partial charge in [-0.2, -0.15) is 0 Å². The van der Waals surface area contributed by atoms with Crippen molar-refractivity contribution in [3.63, 3.8) is 0 Å². The van der Waals surface area contributed by atoms with Gasteiger partial charge in [0.1, 0.15) is 0 Å². The van der Waals surface area contributed by atoms with Gasteiger partial charge in [0.15, 0.2) is 0 Å². The van der Waals surface area contributed by atoms with Crippen LogP contribution in [0.15, 0.2) is 0 Å². The Balaban J connectivity index is 1.72. The fraction of sp³-hybridized carbons (Fsp3) is 0.846. The van der Waals surface area contributed by atoms with Gasteiger partial charge < -0.3 is 5.32 Å². The predicted octanol–water partition coefficient (Wildman–Crippen LogP) is 1.57. The molecule has 1 saturated carbocycles. The lowest BCUT2D eigenvalue weighted by atomic mass is 9.95. The molecule has 1 aliphatic heterocycles. The Labute approximate surface area is 104 Å². The highest BCUT2D eigenvalue weighted by atomic mass is 32.2. The lowest BCUT2D eigenvalue weighted by molar-refractivity contribution is 0.142. The summed E-state index contributed by atoms with van der Waals surface area (Å²) in [4.78, 5) is 2.62. The van der Waals surface area contributed by atoms with E-state index in [1.165, 1.54) is 57.6 Å². The molecule has 3 heteroatoms. The van der Waals surface area contributed by atoms with Gasteiger partial charge in [-0.25, -0.2) is 0 Å². The summed E-state index contributed by atoms with van der Waals surface area (Å²) in [6.45, 7) is 4.83. The van der Waals surface area contributed by atoms with Crippen molar-refractivity contribution in [3.05, 3.63) is 0 Å². The highest BCUT2D eigenvalue weighted by molar-refractivity contribution is 7.99. The molecule has 2 aliphatic rings. The molecule has 90 valence electrons. The van der Waals surface area contributed by atoms with Crippen molar-refractivity contribution >= 4 is 11.8 Å². The van der Waals surface area contributed by atoms with Crippen LogP contribution in [-0.2, 0) is 0 Å². The smallest absolute Gasteiger partial charge is 0.0545 e. The van der Waals surface area contributed by atoms with Crippen LogP contribution in [0, 0.1) is 12.3 Å². The molecule has 1 heterocycles. The summed E-state index contributed by atoms with van der Waals surface area (Å²) in [5.41, 5.74) is 0.467. The van der Waals surface area contributed by atoms with E-state index in [0.717, 1.165) is 5.75 Å². The van der Waals surface area contributed by atoms with Gasteiger partial charge in [-0.05, 0) is 12.8 Å². The highest BCUT2D eigenvalue weighted by Crippen LogP contribution is 2.31. The molecule has 16 heavy (non-hydrogen) atoms. The minimum atomic E-state index is 0.467. The zero-order valence-corrected chi connectivity index (χ0v) is 10.8. The topological polar surface area (TPSA) is 15.3 Å². The van der Waals surface area contributed by atoms with Gasteiger partial charge in [0.2, 0.25) is 0 Å². The molecule has 0 unspecified atom stereocenters. The third kappa shape index (κ3) is 3.16. The first-order valence-corrected chi connectivity index (χ1v) is 7.49. The molecule has 0 aromatic rings. The Morgan fingerprint density at radius 3 is 2.94 bits per heavy atom. The standard InChI is InChI=1S/C13H22N2S/c1-2-10-16-11-9-15-8-7-14-13(12-15)5-3-4-6-13/h1,14H,3-12H2. The van der Waals surface area contributed by atoms with Gasteiger partial charge >= 0.3 is 0 Å². The van der Waals surface area contributed by atoms with E-state index in [2.05, 4.69) is 16.1 Å². The molecular weight excluding hydrogens is 216 g/mol. The number of nitrogens with one attached hydrogen (secondary N) is 1. The van der Waals surface area contributed by atoms with Crippen LogP contribution < -0.4 is 5.32 Å². The summed E-state index contributed by atoms with van der Waals surface area (Å²) in [6, 6.07) is 0. The van der Waals surface area contributed by atoms with E-state index in [-0.39, 0.29) is 0 Å². The quantitative estimate of drug-likeness (QED) is 0.591. The van der Waals surface area contributed by atoms with Crippen LogP contribution in [0.1, 0.15) is 25.7 Å². The van der Waals surface area contributed by atoms with Crippen molar-refractivity contribution in [1.29, 1.82) is 0 Å². The second kappa shape index (κ2) is 5.95. The first-order chi connectivity index (χ1) is 7.85. The summed E-state index contributed by atoms with van der Waals surface area (Å²) in [5, 5.41) is 3.75. The van der Waals surface area contributed by atoms with Gasteiger partial charge in [-0.3, -0.25) is 4.90 Å². The van der Waals surface area contributed by atoms with Gasteiger partial charge in [-0.15, -0.1) is 18.2 Å². The largest absolute Gasteiger partial charge is 0.309 e. The Kier molecular flexibility index (Phi) is 4.57. The maximum absolute atomic E-state index is 5.25. The molecule has 2 fully saturated rings. The molecule has 0 atom stereocenters. The Hall–Kier alpha value is -0.170. The number of rotatable bonds is 4. The zero-order chi connectivity index (χ0) is 11.3. The molecule has 0 bridgehead atoms. The van der Waals surface area contributed by atoms with E-state index in [1.807, 2.05) is 11.8 Å². The fourth-order valence-electron chi connectivity index (χ4n) is 2.94. The van der Waals surface area contributed by atoms with Crippen molar-refractivity contribution in [1.82, 2.24) is 10.2 Å². The number of thioether (sulfide) groups is 1. The second-order valence-corrected chi connectivity index (χ2v) is 6.05. The molecule has 0 radical (unpaired) electrons. The predicted molar refractivity (Wildman–Crippen MR) is 71.8 cm³/mol. The molecule has 1 spiro atoms. The Morgan fingerprint density at radius 1 is 1.38 bits per heavy atom. The van der Waals surface area contributed by atoms with Crippen molar-refractivity contribution in [2.75, 3.05) is 37.7 Å². The molecule has 2 nitrogen and oxygen atoms in total. The van der Waals surface area contributed by atoms with Crippen LogP contribution in [0.2, 0.25) is 0 Å². The second-order valence-electron chi connectivity index (χ2n) is 4.95. The van der Waals surface area contributed by atoms with E-state index in [4.69, 9.17) is 6.42 Å². The molecule has 1 aliphatic carbocycles. The number of hydrogen-bond donors (Lipinski definition) is 1. The summed E-state index contributed by atoms with van der Waals surface area (Å²) in [5.74, 6) is 4.73. The van der Waals surface area contributed by atoms with Crippen molar-refractivity contribution in [2.24, 2.45) is 0 Å². The minimum Gasteiger partial charge on any atom is -0.309 e. The van der Waals surface area contributed by atoms with Crippen LogP contribution in [0.3, 0.4) is 0 Å². The maximum atomic E-state index is 5.25. The van der Waals surface area contributed by atoms with Crippen LogP contribution in [0.25, 0.3) is 0 Å². The monoisotopic (exact) mass is 238 g/mol. The Bertz CT molecular complexity index is 253. The van der Waals surface area contributed by atoms with Crippen LogP contribution in [0.4, 0.5) is 0 Å². The van der Waals surface area contributed by atoms with Crippen molar-refractivity contribution < 1.29 is 0 Å². The van der Waals surface area contributed by atoms with Crippen LogP contribution in [-0.4, -0.2) is 48.1 Å². The number of nitrogens with zero attached hydrogens (tertiary/aromatic N) is 1. The lowest BCUT2D eigenvalue weighted by Crippen LogP contribution is -2.59. The van der Waals surface area contributed by atoms with E-state index in [9.17, 15) is 0 Å². The third-order valence-corrected chi connectivity index (χ3v) is 4.59. The van der Waals surface area contributed by atoms with Crippen molar-refractivity contribution in [2.45, 2.75) is 31.2 Å². The van der Waals surface area contributed by atoms with Gasteiger partial charge in [-0.1, -0.05) is 18.8 Å². The minimum absolute atomic E-state index is 0.467. The molecular formula is C13H22N2S. The summed E-state index contributed by atoms with van der Waals surface area (Å²) < 4.78 is 0. The van der Waals surface area contributed by atoms with Crippen molar-refractivity contribution in [3.8, 4) is 12.3 Å². The van der Waals surface area contributed by atoms with Crippen LogP contribution >= 0.6 is 11.8 Å². The molecule has 2 rings (SSSR count). The third-order valence-electron chi connectivity index (χ3n) is 3.75. The van der Waals surface area contributed by atoms with E-state index < -0.39 is 0 Å². The van der Waals surface area contributed by atoms with E-state index >= 15 is 0 Å². The van der Waals surface area contributed by atoms with Gasteiger partial charge in [0.25, 0.3) is 0 Å². The first kappa shape index (κ1) is 12.3. The maximum Gasteiger partial charge on any atom is 0.0545 e. The van der Waals surface area contributed by atoms with E-state index in [0.29, 0.717) is 5.54 Å². The van der Waals surface area contributed by atoms with Gasteiger partial charge in [0.05, 0.1) is 5.75 Å². The number of piperazine rings is 1. The average molecular weight is 238 g/mol. The van der Waals surface area contributed by atoms with Crippen LogP contribution in [0.5, 0.6) is 0 Å². The zero-order valence-electron chi connectivity index (χ0n) is 10.0. The molecule has 0 amide bonds. The SMILES string of the molecule is C#CCSCCN1CCNC2(CCCC2)C1. The lowest BCUT2D eigenvalue weighted by Gasteiger charge is -2.41. The Morgan fingerprint density at radius 2 is 2.19 bits per heavy atom. The number of hydrogen-bond acceptors (Lipinski definition) is 3. The molecule has 1 saturated heterocycles. The van der Waals surface area contributed by atoms with E-state index in [1.54, 1.807) is 0 Å². The molecule has 0 aromatic carbocycles. The number of terminal acetylenes is 1. The first-order valence-electron chi connectivity index (χ1n) is 6.33. The molecule has 0 aromatic heterocycles. The summed E-state index contributed by atoms with van der Waals surface area (Å²) in [7, 11) is 0. The fourth-order valence-corrected chi connectivity index (χ4v) is 3.59. The highest BCUT2D eigenvalue weighted by Gasteiger charge is 2.37. The van der Waals surface area contributed by atoms with Gasteiger partial charge in [0, 0.05) is 37.5 Å². The molecule has 1 N–H and O–H groups in total. The normalized spacial score (nSPS) is 24.7. The summed E-state index contributed by atoms with van der Waals surface area (Å²) in [6.07, 6.45) is 10.8. The average Bonchev–Trinajstić information content (AvgIpc) is 2.73. The summed E-state index contributed by atoms with van der Waals surface area (Å²) >= 11 is 1.88.